The van der Waals surface area contributed by atoms with E-state index in [4.69, 9.17) is 4.74 Å². The SMILES string of the molecule is CCCCC1CCN(CCCC(=O)c2ccccc2NC(=O)OC(C)(C)C)CC1. The minimum Gasteiger partial charge on any atom is -0.444 e. The van der Waals surface area contributed by atoms with E-state index in [-0.39, 0.29) is 5.78 Å². The van der Waals surface area contributed by atoms with Crippen molar-refractivity contribution in [3.8, 4) is 0 Å². The molecule has 162 valence electrons. The van der Waals surface area contributed by atoms with E-state index in [1.165, 1.54) is 32.1 Å². The molecule has 0 saturated carbocycles. The standard InChI is InChI=1S/C24H38N2O3/c1-5-6-10-19-14-17-26(18-15-19)16-9-13-22(27)20-11-7-8-12-21(20)25-23(28)29-24(2,3)4/h7-8,11-12,19H,5-6,9-10,13-18H2,1-4H3,(H,25,28). The number of unbranched alkanes of at least 4 members (excludes halogenated alkanes) is 1. The number of carbonyl (C=O) groups excluding carboxylic acids is 2. The van der Waals surface area contributed by atoms with Crippen LogP contribution >= 0.6 is 0 Å². The van der Waals surface area contributed by atoms with E-state index in [1.807, 2.05) is 32.9 Å². The number of carbonyl (C=O) groups is 2. The first-order chi connectivity index (χ1) is 13.8. The quantitative estimate of drug-likeness (QED) is 0.523. The average molecular weight is 403 g/mol. The summed E-state index contributed by atoms with van der Waals surface area (Å²) in [4.78, 5) is 27.3. The predicted molar refractivity (Wildman–Crippen MR) is 119 cm³/mol. The second-order valence-corrected chi connectivity index (χ2v) is 9.13. The normalized spacial score (nSPS) is 15.9. The van der Waals surface area contributed by atoms with Crippen LogP contribution in [0.25, 0.3) is 0 Å². The van der Waals surface area contributed by atoms with Crippen LogP contribution in [0.2, 0.25) is 0 Å². The van der Waals surface area contributed by atoms with Crippen molar-refractivity contribution >= 4 is 17.6 Å². The Bertz CT molecular complexity index is 658. The summed E-state index contributed by atoms with van der Waals surface area (Å²) in [6.45, 7) is 11.0. The molecule has 1 aromatic rings. The smallest absolute Gasteiger partial charge is 0.412 e. The molecule has 1 amide bonds. The zero-order chi connectivity index (χ0) is 21.3. The van der Waals surface area contributed by atoms with Gasteiger partial charge in [0.25, 0.3) is 0 Å². The van der Waals surface area contributed by atoms with E-state index >= 15 is 0 Å². The number of rotatable bonds is 9. The van der Waals surface area contributed by atoms with Gasteiger partial charge in [-0.15, -0.1) is 0 Å². The zero-order valence-electron chi connectivity index (χ0n) is 18.6. The van der Waals surface area contributed by atoms with Gasteiger partial charge in [0.15, 0.2) is 5.78 Å². The van der Waals surface area contributed by atoms with Gasteiger partial charge in [-0.3, -0.25) is 10.1 Å². The Hall–Kier alpha value is -1.88. The summed E-state index contributed by atoms with van der Waals surface area (Å²) in [6.07, 6.45) is 7.37. The number of hydrogen-bond acceptors (Lipinski definition) is 4. The van der Waals surface area contributed by atoms with Gasteiger partial charge in [0, 0.05) is 12.0 Å². The number of Topliss-reactive ketones (excluding diaryl/α,β-unsaturated/α-hetero) is 1. The lowest BCUT2D eigenvalue weighted by molar-refractivity contribution is 0.0636. The molecule has 2 rings (SSSR count). The van der Waals surface area contributed by atoms with Crippen LogP contribution in [0.5, 0.6) is 0 Å². The fourth-order valence-electron chi connectivity index (χ4n) is 3.84. The Balaban J connectivity index is 1.79. The largest absolute Gasteiger partial charge is 0.444 e. The number of likely N-dealkylation sites (tertiary alicyclic amines) is 1. The molecule has 0 atom stereocenters. The highest BCUT2D eigenvalue weighted by atomic mass is 16.6. The van der Waals surface area contributed by atoms with Gasteiger partial charge in [-0.1, -0.05) is 38.3 Å². The fraction of sp³-hybridized carbons (Fsp3) is 0.667. The molecule has 0 aliphatic carbocycles. The predicted octanol–water partition coefficient (Wildman–Crippen LogP) is 5.90. The third kappa shape index (κ3) is 8.57. The maximum absolute atomic E-state index is 12.7. The lowest BCUT2D eigenvalue weighted by Gasteiger charge is -2.31. The van der Waals surface area contributed by atoms with Crippen LogP contribution in [0.4, 0.5) is 10.5 Å². The van der Waals surface area contributed by atoms with Crippen molar-refractivity contribution in [2.24, 2.45) is 5.92 Å². The Morgan fingerprint density at radius 1 is 1.14 bits per heavy atom. The van der Waals surface area contributed by atoms with Crippen molar-refractivity contribution < 1.29 is 14.3 Å². The van der Waals surface area contributed by atoms with Crippen LogP contribution in [-0.4, -0.2) is 42.0 Å². The van der Waals surface area contributed by atoms with Crippen molar-refractivity contribution in [1.29, 1.82) is 0 Å². The Labute approximate surface area is 176 Å². The van der Waals surface area contributed by atoms with Crippen molar-refractivity contribution in [2.75, 3.05) is 25.0 Å². The second-order valence-electron chi connectivity index (χ2n) is 9.13. The topological polar surface area (TPSA) is 58.6 Å². The fourth-order valence-corrected chi connectivity index (χ4v) is 3.84. The molecule has 1 saturated heterocycles. The van der Waals surface area contributed by atoms with Crippen molar-refractivity contribution in [2.45, 2.75) is 78.2 Å². The monoisotopic (exact) mass is 402 g/mol. The van der Waals surface area contributed by atoms with E-state index in [9.17, 15) is 9.59 Å². The summed E-state index contributed by atoms with van der Waals surface area (Å²) in [5.74, 6) is 0.952. The molecule has 0 aromatic heterocycles. The van der Waals surface area contributed by atoms with Gasteiger partial charge in [0.05, 0.1) is 5.69 Å². The number of para-hydroxylation sites is 1. The summed E-state index contributed by atoms with van der Waals surface area (Å²) in [5.41, 5.74) is 0.493. The Kier molecular flexibility index (Phi) is 9.15. The first-order valence-electron chi connectivity index (χ1n) is 11.1. The van der Waals surface area contributed by atoms with Gasteiger partial charge in [0.1, 0.15) is 5.60 Å². The molecule has 0 spiro atoms. The van der Waals surface area contributed by atoms with Crippen molar-refractivity contribution in [1.82, 2.24) is 4.90 Å². The van der Waals surface area contributed by atoms with Gasteiger partial charge in [-0.05, 0) is 77.7 Å². The van der Waals surface area contributed by atoms with E-state index < -0.39 is 11.7 Å². The summed E-state index contributed by atoms with van der Waals surface area (Å²) < 4.78 is 5.30. The zero-order valence-corrected chi connectivity index (χ0v) is 18.6. The van der Waals surface area contributed by atoms with E-state index in [0.29, 0.717) is 17.7 Å². The lowest BCUT2D eigenvalue weighted by atomic mass is 9.91. The molecule has 1 heterocycles. The first-order valence-corrected chi connectivity index (χ1v) is 11.1. The summed E-state index contributed by atoms with van der Waals surface area (Å²) in [5, 5.41) is 2.72. The highest BCUT2D eigenvalue weighted by Gasteiger charge is 2.20. The number of hydrogen-bond donors (Lipinski definition) is 1. The maximum Gasteiger partial charge on any atom is 0.412 e. The van der Waals surface area contributed by atoms with Crippen LogP contribution in [-0.2, 0) is 4.74 Å². The minimum absolute atomic E-state index is 0.0643. The van der Waals surface area contributed by atoms with Gasteiger partial charge >= 0.3 is 6.09 Å². The molecule has 5 heteroatoms. The van der Waals surface area contributed by atoms with Crippen LogP contribution in [0.15, 0.2) is 24.3 Å². The van der Waals surface area contributed by atoms with Crippen molar-refractivity contribution in [3.63, 3.8) is 0 Å². The Morgan fingerprint density at radius 2 is 1.83 bits per heavy atom. The van der Waals surface area contributed by atoms with E-state index in [0.717, 1.165) is 32.0 Å². The molecule has 5 nitrogen and oxygen atoms in total. The number of benzene rings is 1. The van der Waals surface area contributed by atoms with Gasteiger partial charge in [-0.25, -0.2) is 4.79 Å². The van der Waals surface area contributed by atoms with Crippen LogP contribution in [0.3, 0.4) is 0 Å². The average Bonchev–Trinajstić information content (AvgIpc) is 2.66. The molecular formula is C24H38N2O3. The number of amides is 1. The number of ketones is 1. The van der Waals surface area contributed by atoms with Crippen LogP contribution < -0.4 is 5.32 Å². The molecule has 1 aliphatic rings. The number of anilines is 1. The number of nitrogens with zero attached hydrogens (tertiary/aromatic N) is 1. The number of nitrogens with one attached hydrogen (secondary N) is 1. The third-order valence-electron chi connectivity index (χ3n) is 5.41. The molecule has 1 aromatic carbocycles. The summed E-state index contributed by atoms with van der Waals surface area (Å²) >= 11 is 0. The third-order valence-corrected chi connectivity index (χ3v) is 5.41. The van der Waals surface area contributed by atoms with Crippen LogP contribution in [0, 0.1) is 5.92 Å². The highest BCUT2D eigenvalue weighted by molar-refractivity contribution is 6.03. The van der Waals surface area contributed by atoms with Gasteiger partial charge in [-0.2, -0.15) is 0 Å². The molecule has 1 N–H and O–H groups in total. The minimum atomic E-state index is -0.576. The summed E-state index contributed by atoms with van der Waals surface area (Å²) in [6, 6.07) is 7.16. The molecule has 1 fully saturated rings. The van der Waals surface area contributed by atoms with Crippen LogP contribution in [0.1, 0.15) is 83.0 Å². The number of piperidine rings is 1. The molecule has 1 aliphatic heterocycles. The summed E-state index contributed by atoms with van der Waals surface area (Å²) in [7, 11) is 0. The van der Waals surface area contributed by atoms with E-state index in [1.54, 1.807) is 12.1 Å². The molecule has 0 radical (unpaired) electrons. The molecular weight excluding hydrogens is 364 g/mol. The molecule has 0 bridgehead atoms. The number of ether oxygens (including phenoxy) is 1. The lowest BCUT2D eigenvalue weighted by Crippen LogP contribution is -2.34. The highest BCUT2D eigenvalue weighted by Crippen LogP contribution is 2.23. The Morgan fingerprint density at radius 3 is 2.48 bits per heavy atom. The van der Waals surface area contributed by atoms with Gasteiger partial charge in [0.2, 0.25) is 0 Å². The van der Waals surface area contributed by atoms with Gasteiger partial charge < -0.3 is 9.64 Å². The van der Waals surface area contributed by atoms with E-state index in [2.05, 4.69) is 17.1 Å². The molecule has 0 unspecified atom stereocenters. The first kappa shape index (κ1) is 23.4. The van der Waals surface area contributed by atoms with Crippen molar-refractivity contribution in [3.05, 3.63) is 29.8 Å². The molecule has 29 heavy (non-hydrogen) atoms. The second kappa shape index (κ2) is 11.3. The maximum atomic E-state index is 12.7.